The van der Waals surface area contributed by atoms with Crippen molar-refractivity contribution in [1.29, 1.82) is 0 Å². The van der Waals surface area contributed by atoms with E-state index in [0.717, 1.165) is 38.8 Å². The second-order valence-electron chi connectivity index (χ2n) is 6.88. The van der Waals surface area contributed by atoms with Gasteiger partial charge in [-0.2, -0.15) is 0 Å². The fourth-order valence-electron chi connectivity index (χ4n) is 3.62. The van der Waals surface area contributed by atoms with Gasteiger partial charge in [0.1, 0.15) is 0 Å². The summed E-state index contributed by atoms with van der Waals surface area (Å²) in [6, 6.07) is 0.340. The number of hydrogen-bond donors (Lipinski definition) is 1. The number of carbonyl (C=O) groups excluding carboxylic acids is 1. The lowest BCUT2D eigenvalue weighted by Gasteiger charge is -2.46. The van der Waals surface area contributed by atoms with Gasteiger partial charge in [-0.3, -0.25) is 0 Å². The van der Waals surface area contributed by atoms with Crippen LogP contribution >= 0.6 is 0 Å². The Hall–Kier alpha value is -0.770. The molecule has 1 saturated carbocycles. The van der Waals surface area contributed by atoms with Crippen LogP contribution in [0.15, 0.2) is 0 Å². The zero-order valence-electron chi connectivity index (χ0n) is 12.7. The van der Waals surface area contributed by atoms with Gasteiger partial charge in [0.05, 0.1) is 6.10 Å². The number of nitrogens with zero attached hydrogens (tertiary/aromatic N) is 2. The molecule has 0 spiro atoms. The Kier molecular flexibility index (Phi) is 4.09. The topological polar surface area (TPSA) is 43.8 Å². The number of rotatable bonds is 3. The van der Waals surface area contributed by atoms with Crippen LogP contribution in [0.4, 0.5) is 4.79 Å². The van der Waals surface area contributed by atoms with Crippen molar-refractivity contribution >= 4 is 6.03 Å². The Bertz CT molecular complexity index is 343. The van der Waals surface area contributed by atoms with E-state index >= 15 is 0 Å². The predicted molar refractivity (Wildman–Crippen MR) is 75.9 cm³/mol. The SMILES string of the molecule is CCC(C)(C)C1CCC(O)CC1N1CCN(C)C1=O. The minimum atomic E-state index is -0.243. The quantitative estimate of drug-likeness (QED) is 0.853. The highest BCUT2D eigenvalue weighted by atomic mass is 16.3. The first-order valence-electron chi connectivity index (χ1n) is 7.56. The fraction of sp³-hybridized carbons (Fsp3) is 0.933. The monoisotopic (exact) mass is 268 g/mol. The van der Waals surface area contributed by atoms with Gasteiger partial charge in [0.25, 0.3) is 0 Å². The molecule has 1 N–H and O–H groups in total. The Morgan fingerprint density at radius 1 is 1.32 bits per heavy atom. The number of urea groups is 1. The smallest absolute Gasteiger partial charge is 0.320 e. The third-order valence-corrected chi connectivity index (χ3v) is 5.35. The first-order valence-corrected chi connectivity index (χ1v) is 7.56. The minimum absolute atomic E-state index is 0.135. The zero-order chi connectivity index (χ0) is 14.2. The van der Waals surface area contributed by atoms with Crippen molar-refractivity contribution in [2.24, 2.45) is 11.3 Å². The lowest BCUT2D eigenvalue weighted by Crippen LogP contribution is -2.51. The molecular formula is C15H28N2O2. The third kappa shape index (κ3) is 2.73. The van der Waals surface area contributed by atoms with E-state index in [-0.39, 0.29) is 23.6 Å². The van der Waals surface area contributed by atoms with Gasteiger partial charge in [-0.05, 0) is 30.6 Å². The summed E-state index contributed by atoms with van der Waals surface area (Å²) in [4.78, 5) is 16.0. The number of amides is 2. The normalized spacial score (nSPS) is 33.1. The molecule has 0 bridgehead atoms. The van der Waals surface area contributed by atoms with Gasteiger partial charge in [0.15, 0.2) is 0 Å². The summed E-state index contributed by atoms with van der Waals surface area (Å²) in [6.07, 6.45) is 3.52. The zero-order valence-corrected chi connectivity index (χ0v) is 12.7. The van der Waals surface area contributed by atoms with E-state index in [2.05, 4.69) is 20.8 Å². The van der Waals surface area contributed by atoms with E-state index in [1.54, 1.807) is 4.90 Å². The van der Waals surface area contributed by atoms with E-state index < -0.39 is 0 Å². The van der Waals surface area contributed by atoms with Gasteiger partial charge >= 0.3 is 6.03 Å². The maximum absolute atomic E-state index is 12.2. The van der Waals surface area contributed by atoms with Gasteiger partial charge in [-0.25, -0.2) is 4.79 Å². The highest BCUT2D eigenvalue weighted by molar-refractivity contribution is 5.76. The third-order valence-electron chi connectivity index (χ3n) is 5.35. The van der Waals surface area contributed by atoms with Crippen LogP contribution < -0.4 is 0 Å². The average molecular weight is 268 g/mol. The van der Waals surface area contributed by atoms with E-state index in [9.17, 15) is 9.90 Å². The van der Waals surface area contributed by atoms with E-state index in [0.29, 0.717) is 5.92 Å². The van der Waals surface area contributed by atoms with Gasteiger partial charge in [0.2, 0.25) is 0 Å². The lowest BCUT2D eigenvalue weighted by molar-refractivity contribution is 0.00135. The van der Waals surface area contributed by atoms with Crippen molar-refractivity contribution in [3.05, 3.63) is 0 Å². The molecule has 110 valence electrons. The van der Waals surface area contributed by atoms with Crippen LogP contribution in [0, 0.1) is 11.3 Å². The second-order valence-corrected chi connectivity index (χ2v) is 6.88. The lowest BCUT2D eigenvalue weighted by atomic mass is 9.66. The standard InChI is InChI=1S/C15H28N2O2/c1-5-15(2,3)12-7-6-11(18)10-13(12)17-9-8-16(4)14(17)19/h11-13,18H,5-10H2,1-4H3. The van der Waals surface area contributed by atoms with Crippen molar-refractivity contribution < 1.29 is 9.90 Å². The summed E-state index contributed by atoms with van der Waals surface area (Å²) >= 11 is 0. The number of aliphatic hydroxyl groups excluding tert-OH is 1. The Labute approximate surface area is 116 Å². The van der Waals surface area contributed by atoms with E-state index in [1.165, 1.54) is 0 Å². The minimum Gasteiger partial charge on any atom is -0.393 e. The first kappa shape index (κ1) is 14.6. The van der Waals surface area contributed by atoms with Crippen molar-refractivity contribution in [1.82, 2.24) is 9.80 Å². The maximum atomic E-state index is 12.2. The highest BCUT2D eigenvalue weighted by Gasteiger charge is 2.44. The molecule has 4 heteroatoms. The molecule has 1 aliphatic carbocycles. The number of hydrogen-bond acceptors (Lipinski definition) is 2. The summed E-state index contributed by atoms with van der Waals surface area (Å²) in [5.74, 6) is 0.497. The average Bonchev–Trinajstić information content (AvgIpc) is 2.69. The molecule has 3 atom stereocenters. The summed E-state index contributed by atoms with van der Waals surface area (Å²) < 4.78 is 0. The molecule has 1 heterocycles. The molecule has 4 nitrogen and oxygen atoms in total. The molecular weight excluding hydrogens is 240 g/mol. The molecule has 0 aromatic carbocycles. The van der Waals surface area contributed by atoms with Gasteiger partial charge in [0, 0.05) is 26.2 Å². The van der Waals surface area contributed by atoms with E-state index in [4.69, 9.17) is 0 Å². The molecule has 0 aromatic rings. The van der Waals surface area contributed by atoms with Crippen LogP contribution in [-0.4, -0.2) is 53.2 Å². The summed E-state index contributed by atoms with van der Waals surface area (Å²) in [5.41, 5.74) is 0.228. The van der Waals surface area contributed by atoms with Crippen LogP contribution in [0.1, 0.15) is 46.5 Å². The Morgan fingerprint density at radius 3 is 2.53 bits per heavy atom. The molecule has 0 aromatic heterocycles. The summed E-state index contributed by atoms with van der Waals surface area (Å²) in [7, 11) is 1.86. The van der Waals surface area contributed by atoms with Crippen molar-refractivity contribution in [2.75, 3.05) is 20.1 Å². The van der Waals surface area contributed by atoms with Crippen LogP contribution in [0.5, 0.6) is 0 Å². The molecule has 2 aliphatic rings. The molecule has 0 radical (unpaired) electrons. The highest BCUT2D eigenvalue weighted by Crippen LogP contribution is 2.43. The second kappa shape index (κ2) is 5.31. The molecule has 2 rings (SSSR count). The number of likely N-dealkylation sites (N-methyl/N-ethyl adjacent to an activating group) is 1. The predicted octanol–water partition coefficient (Wildman–Crippen LogP) is 2.32. The molecule has 19 heavy (non-hydrogen) atoms. The Balaban J connectivity index is 2.20. The van der Waals surface area contributed by atoms with E-state index in [1.807, 2.05) is 11.9 Å². The molecule has 3 unspecified atom stereocenters. The summed E-state index contributed by atoms with van der Waals surface area (Å²) in [6.45, 7) is 8.44. The molecule has 1 aliphatic heterocycles. The van der Waals surface area contributed by atoms with Gasteiger partial charge < -0.3 is 14.9 Å². The van der Waals surface area contributed by atoms with Crippen molar-refractivity contribution in [3.8, 4) is 0 Å². The van der Waals surface area contributed by atoms with Crippen LogP contribution in [0.2, 0.25) is 0 Å². The Morgan fingerprint density at radius 2 is 2.00 bits per heavy atom. The number of aliphatic hydroxyl groups is 1. The number of carbonyl (C=O) groups is 1. The van der Waals surface area contributed by atoms with Crippen LogP contribution in [0.3, 0.4) is 0 Å². The largest absolute Gasteiger partial charge is 0.393 e. The van der Waals surface area contributed by atoms with Crippen LogP contribution in [0.25, 0.3) is 0 Å². The first-order chi connectivity index (χ1) is 8.86. The fourth-order valence-corrected chi connectivity index (χ4v) is 3.62. The van der Waals surface area contributed by atoms with Crippen molar-refractivity contribution in [2.45, 2.75) is 58.6 Å². The summed E-state index contributed by atoms with van der Waals surface area (Å²) in [5, 5.41) is 10.00. The molecule has 2 amide bonds. The maximum Gasteiger partial charge on any atom is 0.320 e. The van der Waals surface area contributed by atoms with Crippen LogP contribution in [-0.2, 0) is 0 Å². The molecule has 1 saturated heterocycles. The van der Waals surface area contributed by atoms with Gasteiger partial charge in [-0.15, -0.1) is 0 Å². The van der Waals surface area contributed by atoms with Gasteiger partial charge in [-0.1, -0.05) is 27.2 Å². The molecule has 2 fully saturated rings. The van der Waals surface area contributed by atoms with Crippen molar-refractivity contribution in [3.63, 3.8) is 0 Å².